The maximum Gasteiger partial charge on any atom is 0.142 e. The van der Waals surface area contributed by atoms with E-state index in [1.54, 1.807) is 0 Å². The highest BCUT2D eigenvalue weighted by molar-refractivity contribution is 6.69. The van der Waals surface area contributed by atoms with Crippen molar-refractivity contribution in [1.29, 1.82) is 0 Å². The molecule has 3 aliphatic carbocycles. The van der Waals surface area contributed by atoms with Crippen LogP contribution in [0.3, 0.4) is 0 Å². The molecule has 0 amide bonds. The quantitative estimate of drug-likeness (QED) is 0.162. The topological polar surface area (TPSA) is 17.8 Å². The van der Waals surface area contributed by atoms with Crippen LogP contribution in [0.2, 0.25) is 0 Å². The van der Waals surface area contributed by atoms with Gasteiger partial charge in [0.25, 0.3) is 0 Å². The predicted octanol–water partition coefficient (Wildman–Crippen LogP) is -9.76. The van der Waals surface area contributed by atoms with Crippen LogP contribution in [0.15, 0.2) is 131 Å². The van der Waals surface area contributed by atoms with Crippen LogP contribution in [0.1, 0.15) is 16.7 Å². The molecule has 15 heteroatoms. The van der Waals surface area contributed by atoms with Crippen LogP contribution in [-0.4, -0.2) is 112 Å². The zero-order valence-corrected chi connectivity index (χ0v) is 36.7. The summed E-state index contributed by atoms with van der Waals surface area (Å²) in [4.78, 5) is 5.48. The van der Waals surface area contributed by atoms with Gasteiger partial charge in [0, 0.05) is 5.56 Å². The van der Waals surface area contributed by atoms with Gasteiger partial charge in [0.2, 0.25) is 0 Å². The molecule has 0 N–H and O–H groups in total. The Balaban J connectivity index is 1.46. The van der Waals surface area contributed by atoms with E-state index in [2.05, 4.69) is 210 Å². The number of aromatic nitrogens is 2. The van der Waals surface area contributed by atoms with Crippen LogP contribution in [0, 0.1) is 0 Å². The highest BCUT2D eigenvalue weighted by atomic mass is 15.2. The first-order valence-corrected chi connectivity index (χ1v) is 21.0. The number of hydrogen-bond acceptors (Lipinski definition) is 1. The summed E-state index contributed by atoms with van der Waals surface area (Å²) in [7, 11) is 30.4. The van der Waals surface area contributed by atoms with Crippen LogP contribution in [0.25, 0.3) is 39.1 Å². The first kappa shape index (κ1) is 38.6. The van der Waals surface area contributed by atoms with Gasteiger partial charge in [-0.25, -0.2) is 4.98 Å². The SMILES string of the molecule is BC1=C(B)C2=C(c3ccc(-c4c(B)c(B)c(B)c(B)c4B)cc3)c3c(B)c(B)c(B)c(B)c3C2(C2(n3c(-c4ccccc4)nc4ccccc43)C=CC=C2)C(B)=C1B. The van der Waals surface area contributed by atoms with E-state index >= 15 is 0 Å². The lowest BCUT2D eigenvalue weighted by Crippen LogP contribution is -2.59. The summed E-state index contributed by atoms with van der Waals surface area (Å²) < 4.78 is 2.59. The van der Waals surface area contributed by atoms with E-state index in [4.69, 9.17) is 4.98 Å². The molecule has 0 radical (unpaired) electrons. The molecule has 0 saturated carbocycles. The van der Waals surface area contributed by atoms with Crippen LogP contribution in [0.4, 0.5) is 0 Å². The molecule has 1 atom stereocenters. The normalized spacial score (nSPS) is 18.1. The molecule has 0 aliphatic heterocycles. The van der Waals surface area contributed by atoms with E-state index in [1.165, 1.54) is 110 Å². The van der Waals surface area contributed by atoms with E-state index in [1.807, 2.05) is 0 Å². The summed E-state index contributed by atoms with van der Waals surface area (Å²) in [6, 6.07) is 29.1. The zero-order chi connectivity index (χ0) is 41.2. The van der Waals surface area contributed by atoms with Gasteiger partial charge >= 0.3 is 0 Å². The summed E-state index contributed by atoms with van der Waals surface area (Å²) in [5.74, 6) is 0.980. The lowest BCUT2D eigenvalue weighted by Gasteiger charge is -2.54. The van der Waals surface area contributed by atoms with Gasteiger partial charge in [-0.3, -0.25) is 0 Å². The molecule has 0 spiro atoms. The summed E-state index contributed by atoms with van der Waals surface area (Å²) in [6.45, 7) is 0. The number of fused-ring (bicyclic) bond motifs is 4. The molecule has 9 rings (SSSR count). The molecule has 3 aliphatic rings. The monoisotopic (exact) mass is 730 g/mol. The zero-order valence-electron chi connectivity index (χ0n) is 36.7. The molecular formula is C43H43B13N2. The van der Waals surface area contributed by atoms with Gasteiger partial charge in [0.15, 0.2) is 0 Å². The third-order valence-electron chi connectivity index (χ3n) is 15.4. The van der Waals surface area contributed by atoms with Gasteiger partial charge < -0.3 is 4.57 Å². The molecule has 2 nitrogen and oxygen atoms in total. The van der Waals surface area contributed by atoms with Crippen molar-refractivity contribution < 1.29 is 0 Å². The van der Waals surface area contributed by atoms with E-state index in [0.29, 0.717) is 0 Å². The summed E-state index contributed by atoms with van der Waals surface area (Å²) in [5.41, 5.74) is 29.4. The van der Waals surface area contributed by atoms with Crippen molar-refractivity contribution in [3.05, 3.63) is 147 Å². The Morgan fingerprint density at radius 3 is 1.59 bits per heavy atom. The smallest absolute Gasteiger partial charge is 0.142 e. The van der Waals surface area contributed by atoms with Gasteiger partial charge in [0.1, 0.15) is 113 Å². The van der Waals surface area contributed by atoms with Crippen LogP contribution in [0.5, 0.6) is 0 Å². The van der Waals surface area contributed by atoms with Crippen LogP contribution >= 0.6 is 0 Å². The molecule has 1 aromatic heterocycles. The van der Waals surface area contributed by atoms with E-state index in [0.717, 1.165) is 22.4 Å². The average Bonchev–Trinajstić information content (AvgIpc) is 3.97. The molecule has 58 heavy (non-hydrogen) atoms. The minimum Gasteiger partial charge on any atom is -0.309 e. The van der Waals surface area contributed by atoms with Crippen molar-refractivity contribution in [3.8, 4) is 22.5 Å². The summed E-state index contributed by atoms with van der Waals surface area (Å²) >= 11 is 0. The third kappa shape index (κ3) is 4.88. The second kappa shape index (κ2) is 13.6. The molecule has 6 aromatic rings. The maximum absolute atomic E-state index is 5.48. The molecule has 0 saturated heterocycles. The minimum atomic E-state index is -0.669. The fraction of sp³-hybridized carbons (Fsp3) is 0.0465. The number of nitrogens with zero attached hydrogens (tertiary/aromatic N) is 2. The number of hydrogen-bond donors (Lipinski definition) is 0. The predicted molar refractivity (Wildman–Crippen MR) is 289 cm³/mol. The first-order chi connectivity index (χ1) is 27.7. The lowest BCUT2D eigenvalue weighted by molar-refractivity contribution is 0.348. The molecule has 1 unspecified atom stereocenters. The fourth-order valence-corrected chi connectivity index (χ4v) is 11.3. The highest BCUT2D eigenvalue weighted by Gasteiger charge is 2.62. The van der Waals surface area contributed by atoms with Crippen molar-refractivity contribution >= 4 is 168 Å². The molecular weight excluding hydrogens is 685 g/mol. The Hall–Kier alpha value is -4.89. The second-order valence-electron chi connectivity index (χ2n) is 17.5. The molecule has 264 valence electrons. The lowest BCUT2D eigenvalue weighted by atomic mass is 9.43. The van der Waals surface area contributed by atoms with Crippen LogP contribution in [-0.2, 0) is 11.0 Å². The average molecular weight is 728 g/mol. The Morgan fingerprint density at radius 1 is 0.448 bits per heavy atom. The Labute approximate surface area is 356 Å². The fourth-order valence-electron chi connectivity index (χ4n) is 11.3. The highest BCUT2D eigenvalue weighted by Crippen LogP contribution is 2.65. The van der Waals surface area contributed by atoms with Gasteiger partial charge in [-0.05, 0) is 51.1 Å². The van der Waals surface area contributed by atoms with Gasteiger partial charge in [-0.1, -0.05) is 124 Å². The minimum absolute atomic E-state index is 0.591. The largest absolute Gasteiger partial charge is 0.309 e. The number of allylic oxidation sites excluding steroid dienone is 9. The van der Waals surface area contributed by atoms with Crippen molar-refractivity contribution in [2.75, 3.05) is 0 Å². The Kier molecular flexibility index (Phi) is 9.05. The van der Waals surface area contributed by atoms with E-state index < -0.39 is 11.0 Å². The first-order valence-electron chi connectivity index (χ1n) is 21.0. The van der Waals surface area contributed by atoms with Crippen LogP contribution < -0.4 is 49.2 Å². The Bertz CT molecular complexity index is 2930. The van der Waals surface area contributed by atoms with Gasteiger partial charge in [-0.2, -0.15) is 0 Å². The summed E-state index contributed by atoms with van der Waals surface area (Å²) in [5, 5.41) is 0. The standard InChI is InChI=1S/C43H43B13N2/c44-28-24(29(45)34(50)38(54)33(28)49)19-14-12-18(13-15-19)23-25-27(32(48)36(52)35(51)30(25)46)43(26(23)31(47)37(53)39(55)40(43)56)42(16-6-7-17-42)58-22-11-5-4-10-21(22)57-41(58)20-8-2-1-3-9-20/h1-17H,44-56H2. The van der Waals surface area contributed by atoms with Crippen molar-refractivity contribution in [3.63, 3.8) is 0 Å². The Morgan fingerprint density at radius 2 is 0.966 bits per heavy atom. The summed E-state index contributed by atoms with van der Waals surface area (Å²) in [6.07, 6.45) is 9.55. The van der Waals surface area contributed by atoms with E-state index in [9.17, 15) is 0 Å². The molecule has 0 bridgehead atoms. The van der Waals surface area contributed by atoms with E-state index in [-0.39, 0.29) is 0 Å². The van der Waals surface area contributed by atoms with Gasteiger partial charge in [0.05, 0.1) is 16.4 Å². The number of imidazole rings is 1. The molecule has 1 heterocycles. The van der Waals surface area contributed by atoms with Crippen molar-refractivity contribution in [1.82, 2.24) is 9.55 Å². The number of para-hydroxylation sites is 2. The second-order valence-corrected chi connectivity index (χ2v) is 17.5. The maximum atomic E-state index is 5.48. The number of rotatable bonds is 5. The molecule has 5 aromatic carbocycles. The van der Waals surface area contributed by atoms with Crippen molar-refractivity contribution in [2.24, 2.45) is 0 Å². The van der Waals surface area contributed by atoms with Crippen molar-refractivity contribution in [2.45, 2.75) is 11.0 Å². The molecule has 0 fully saturated rings. The van der Waals surface area contributed by atoms with Gasteiger partial charge in [-0.15, -0.1) is 38.3 Å². The third-order valence-corrected chi connectivity index (χ3v) is 15.4. The number of benzene rings is 5.